The standard InChI is InChI=1S/C14H21N/c15-11-12-6-5-9-14(10-12)13-7-3-1-2-4-8-13/h5-6,9-10,13H,1-4,7-8,11,15H2. The van der Waals surface area contributed by atoms with E-state index < -0.39 is 0 Å². The van der Waals surface area contributed by atoms with Gasteiger partial charge in [-0.3, -0.25) is 0 Å². The smallest absolute Gasteiger partial charge is 0.0178 e. The zero-order valence-corrected chi connectivity index (χ0v) is 9.41. The molecule has 0 spiro atoms. The molecule has 82 valence electrons. The fourth-order valence-electron chi connectivity index (χ4n) is 2.59. The van der Waals surface area contributed by atoms with E-state index in [1.165, 1.54) is 49.7 Å². The first-order valence-electron chi connectivity index (χ1n) is 6.19. The molecule has 1 fully saturated rings. The van der Waals surface area contributed by atoms with E-state index in [2.05, 4.69) is 24.3 Å². The summed E-state index contributed by atoms with van der Waals surface area (Å²) in [6.45, 7) is 0.667. The Morgan fingerprint density at radius 2 is 1.80 bits per heavy atom. The van der Waals surface area contributed by atoms with Gasteiger partial charge < -0.3 is 5.73 Å². The van der Waals surface area contributed by atoms with Crippen molar-refractivity contribution in [3.63, 3.8) is 0 Å². The van der Waals surface area contributed by atoms with Gasteiger partial charge in [0.2, 0.25) is 0 Å². The summed E-state index contributed by atoms with van der Waals surface area (Å²) in [4.78, 5) is 0. The van der Waals surface area contributed by atoms with Gasteiger partial charge in [-0.05, 0) is 29.9 Å². The number of hydrogen-bond donors (Lipinski definition) is 1. The molecule has 0 heterocycles. The van der Waals surface area contributed by atoms with E-state index in [1.807, 2.05) is 0 Å². The Morgan fingerprint density at radius 3 is 2.47 bits per heavy atom. The van der Waals surface area contributed by atoms with Crippen LogP contribution < -0.4 is 5.73 Å². The minimum atomic E-state index is 0.667. The molecular weight excluding hydrogens is 182 g/mol. The van der Waals surface area contributed by atoms with Crippen LogP contribution in [0.1, 0.15) is 55.6 Å². The van der Waals surface area contributed by atoms with Crippen molar-refractivity contribution in [3.05, 3.63) is 35.4 Å². The third-order valence-corrected chi connectivity index (χ3v) is 3.51. The second-order valence-electron chi connectivity index (χ2n) is 4.64. The lowest BCUT2D eigenvalue weighted by Crippen LogP contribution is -2.01. The molecule has 0 amide bonds. The highest BCUT2D eigenvalue weighted by Crippen LogP contribution is 2.31. The topological polar surface area (TPSA) is 26.0 Å². The first kappa shape index (κ1) is 10.7. The number of hydrogen-bond acceptors (Lipinski definition) is 1. The van der Waals surface area contributed by atoms with E-state index in [0.717, 1.165) is 5.92 Å². The van der Waals surface area contributed by atoms with Crippen LogP contribution in [0.5, 0.6) is 0 Å². The van der Waals surface area contributed by atoms with Gasteiger partial charge in [-0.25, -0.2) is 0 Å². The summed E-state index contributed by atoms with van der Waals surface area (Å²) in [6, 6.07) is 8.85. The van der Waals surface area contributed by atoms with Crippen LogP contribution in [-0.4, -0.2) is 0 Å². The van der Waals surface area contributed by atoms with E-state index in [-0.39, 0.29) is 0 Å². The molecule has 0 unspecified atom stereocenters. The number of rotatable bonds is 2. The Morgan fingerprint density at radius 1 is 1.07 bits per heavy atom. The van der Waals surface area contributed by atoms with Crippen molar-refractivity contribution in [1.82, 2.24) is 0 Å². The van der Waals surface area contributed by atoms with Gasteiger partial charge in [0, 0.05) is 6.54 Å². The van der Waals surface area contributed by atoms with Gasteiger partial charge in [-0.15, -0.1) is 0 Å². The molecule has 0 radical (unpaired) electrons. The van der Waals surface area contributed by atoms with Crippen LogP contribution in [0.25, 0.3) is 0 Å². The van der Waals surface area contributed by atoms with E-state index in [1.54, 1.807) is 0 Å². The van der Waals surface area contributed by atoms with E-state index in [9.17, 15) is 0 Å². The lowest BCUT2D eigenvalue weighted by Gasteiger charge is -2.15. The van der Waals surface area contributed by atoms with Crippen molar-refractivity contribution >= 4 is 0 Å². The molecule has 1 aromatic carbocycles. The van der Waals surface area contributed by atoms with Crippen LogP contribution >= 0.6 is 0 Å². The third-order valence-electron chi connectivity index (χ3n) is 3.51. The second kappa shape index (κ2) is 5.32. The molecule has 0 aliphatic heterocycles. The lowest BCUT2D eigenvalue weighted by atomic mass is 9.91. The highest BCUT2D eigenvalue weighted by Gasteiger charge is 2.14. The van der Waals surface area contributed by atoms with Gasteiger partial charge in [-0.1, -0.05) is 49.9 Å². The molecule has 1 saturated carbocycles. The molecule has 1 aliphatic rings. The predicted molar refractivity (Wildman–Crippen MR) is 64.8 cm³/mol. The summed E-state index contributed by atoms with van der Waals surface area (Å²) in [5, 5.41) is 0. The van der Waals surface area contributed by atoms with Gasteiger partial charge in [-0.2, -0.15) is 0 Å². The van der Waals surface area contributed by atoms with Crippen molar-refractivity contribution in [1.29, 1.82) is 0 Å². The maximum Gasteiger partial charge on any atom is 0.0178 e. The predicted octanol–water partition coefficient (Wildman–Crippen LogP) is 3.58. The quantitative estimate of drug-likeness (QED) is 0.730. The average molecular weight is 203 g/mol. The van der Waals surface area contributed by atoms with Crippen molar-refractivity contribution in [2.75, 3.05) is 0 Å². The SMILES string of the molecule is NCc1cccc(C2CCCCCC2)c1. The highest BCUT2D eigenvalue weighted by atomic mass is 14.5. The summed E-state index contributed by atoms with van der Waals surface area (Å²) in [5.74, 6) is 0.791. The van der Waals surface area contributed by atoms with Crippen LogP contribution in [0.2, 0.25) is 0 Å². The maximum absolute atomic E-state index is 5.68. The van der Waals surface area contributed by atoms with Gasteiger partial charge in [0.05, 0.1) is 0 Å². The summed E-state index contributed by atoms with van der Waals surface area (Å²) in [5.41, 5.74) is 8.47. The summed E-state index contributed by atoms with van der Waals surface area (Å²) in [7, 11) is 0. The molecule has 0 bridgehead atoms. The van der Waals surface area contributed by atoms with Crippen molar-refractivity contribution in [2.45, 2.75) is 51.0 Å². The Bertz CT molecular complexity index is 298. The Kier molecular flexibility index (Phi) is 3.79. The monoisotopic (exact) mass is 203 g/mol. The molecule has 0 atom stereocenters. The van der Waals surface area contributed by atoms with E-state index in [0.29, 0.717) is 6.54 Å². The Balaban J connectivity index is 2.12. The lowest BCUT2D eigenvalue weighted by molar-refractivity contribution is 0.592. The Labute approximate surface area is 92.7 Å². The van der Waals surface area contributed by atoms with Crippen LogP contribution in [0.15, 0.2) is 24.3 Å². The van der Waals surface area contributed by atoms with Gasteiger partial charge in [0.25, 0.3) is 0 Å². The molecule has 1 nitrogen and oxygen atoms in total. The van der Waals surface area contributed by atoms with Gasteiger partial charge in [0.15, 0.2) is 0 Å². The van der Waals surface area contributed by atoms with Gasteiger partial charge in [0.1, 0.15) is 0 Å². The fourth-order valence-corrected chi connectivity index (χ4v) is 2.59. The van der Waals surface area contributed by atoms with Crippen LogP contribution in [0.4, 0.5) is 0 Å². The summed E-state index contributed by atoms with van der Waals surface area (Å²) >= 11 is 0. The molecule has 1 heteroatoms. The minimum Gasteiger partial charge on any atom is -0.326 e. The van der Waals surface area contributed by atoms with Crippen LogP contribution in [0, 0.1) is 0 Å². The molecule has 0 aromatic heterocycles. The molecule has 2 N–H and O–H groups in total. The molecule has 15 heavy (non-hydrogen) atoms. The second-order valence-corrected chi connectivity index (χ2v) is 4.64. The van der Waals surface area contributed by atoms with Crippen LogP contribution in [-0.2, 0) is 6.54 Å². The van der Waals surface area contributed by atoms with Crippen molar-refractivity contribution in [2.24, 2.45) is 5.73 Å². The molecule has 1 aliphatic carbocycles. The molecule has 2 rings (SSSR count). The molecule has 1 aromatic rings. The zero-order chi connectivity index (χ0) is 10.5. The largest absolute Gasteiger partial charge is 0.326 e. The van der Waals surface area contributed by atoms with Crippen molar-refractivity contribution < 1.29 is 0 Å². The fraction of sp³-hybridized carbons (Fsp3) is 0.571. The normalized spacial score (nSPS) is 18.7. The maximum atomic E-state index is 5.68. The third kappa shape index (κ3) is 2.82. The number of nitrogens with two attached hydrogens (primary N) is 1. The number of benzene rings is 1. The first-order valence-corrected chi connectivity index (χ1v) is 6.19. The summed E-state index contributed by atoms with van der Waals surface area (Å²) < 4.78 is 0. The highest BCUT2D eigenvalue weighted by molar-refractivity contribution is 5.26. The Hall–Kier alpha value is -0.820. The molecule has 0 saturated heterocycles. The van der Waals surface area contributed by atoms with E-state index in [4.69, 9.17) is 5.73 Å². The first-order chi connectivity index (χ1) is 7.40. The van der Waals surface area contributed by atoms with E-state index >= 15 is 0 Å². The van der Waals surface area contributed by atoms with Crippen molar-refractivity contribution in [3.8, 4) is 0 Å². The average Bonchev–Trinajstić information content (AvgIpc) is 2.58. The molecular formula is C14H21N. The van der Waals surface area contributed by atoms with Gasteiger partial charge >= 0.3 is 0 Å². The zero-order valence-electron chi connectivity index (χ0n) is 9.41. The van der Waals surface area contributed by atoms with Crippen LogP contribution in [0.3, 0.4) is 0 Å². The summed E-state index contributed by atoms with van der Waals surface area (Å²) in [6.07, 6.45) is 8.39. The minimum absolute atomic E-state index is 0.667.